The van der Waals surface area contributed by atoms with E-state index in [2.05, 4.69) is 33.2 Å². The Labute approximate surface area is 145 Å². The molecule has 10 nitrogen and oxygen atoms in total. The van der Waals surface area contributed by atoms with Crippen LogP contribution in [0, 0.1) is 14.2 Å². The second kappa shape index (κ2) is 11.9. The van der Waals surface area contributed by atoms with Crippen molar-refractivity contribution in [3.8, 4) is 0 Å². The van der Waals surface area contributed by atoms with Gasteiger partial charge in [0, 0.05) is 12.8 Å². The van der Waals surface area contributed by atoms with Gasteiger partial charge in [-0.05, 0) is 12.8 Å². The Balaban J connectivity index is 4.87. The van der Waals surface area contributed by atoms with Crippen LogP contribution in [-0.4, -0.2) is 36.6 Å². The third kappa shape index (κ3) is 8.77. The lowest BCUT2D eigenvalue weighted by Crippen LogP contribution is -2.48. The third-order valence-electron chi connectivity index (χ3n) is 2.95. The number of rotatable bonds is 11. The van der Waals surface area contributed by atoms with Gasteiger partial charge in [-0.15, -0.1) is 0 Å². The molecule has 0 aliphatic heterocycles. The fourth-order valence-electron chi connectivity index (χ4n) is 1.77. The van der Waals surface area contributed by atoms with E-state index in [1.807, 2.05) is 6.92 Å². The first-order chi connectivity index (χ1) is 11.8. The van der Waals surface area contributed by atoms with Gasteiger partial charge in [0.25, 0.3) is 0 Å². The lowest BCUT2D eigenvalue weighted by atomic mass is 10.1. The fourth-order valence-corrected chi connectivity index (χ4v) is 1.77. The van der Waals surface area contributed by atoms with Crippen LogP contribution in [0.1, 0.15) is 45.4 Å². The average Bonchev–Trinajstić information content (AvgIpc) is 2.57. The molecule has 0 bridgehead atoms. The summed E-state index contributed by atoms with van der Waals surface area (Å²) in [6, 6.07) is 0. The molecule has 0 aromatic carbocycles. The van der Waals surface area contributed by atoms with E-state index in [0.29, 0.717) is 12.8 Å². The van der Waals surface area contributed by atoms with Gasteiger partial charge in [0.15, 0.2) is 0 Å². The number of hydrogen-bond acceptors (Lipinski definition) is 9. The summed E-state index contributed by atoms with van der Waals surface area (Å²) in [5, 5.41) is 10.8. The summed E-state index contributed by atoms with van der Waals surface area (Å²) < 4.78 is 22.1. The number of hydrogen-bond donors (Lipinski definition) is 0. The van der Waals surface area contributed by atoms with E-state index < -0.39 is 30.0 Å². The van der Waals surface area contributed by atoms with E-state index in [4.69, 9.17) is 4.74 Å². The van der Waals surface area contributed by atoms with Crippen LogP contribution < -0.4 is 0 Å². The van der Waals surface area contributed by atoms with Crippen molar-refractivity contribution in [1.29, 1.82) is 0 Å². The summed E-state index contributed by atoms with van der Waals surface area (Å²) in [5.41, 5.74) is 0. The number of unbranched alkanes of at least 4 members (excludes halogenated alkanes) is 2. The maximum absolute atomic E-state index is 11.9. The molecule has 0 heterocycles. The van der Waals surface area contributed by atoms with E-state index in [1.54, 1.807) is 0 Å². The summed E-state index contributed by atoms with van der Waals surface area (Å²) in [5.74, 6) is -4.50. The van der Waals surface area contributed by atoms with Gasteiger partial charge in [0.05, 0.1) is 6.61 Å². The van der Waals surface area contributed by atoms with E-state index >= 15 is 0 Å². The smallest absolute Gasteiger partial charge is 0.462 e. The highest BCUT2D eigenvalue weighted by atomic mass is 16.8. The van der Waals surface area contributed by atoms with E-state index in [9.17, 15) is 24.3 Å². The summed E-state index contributed by atoms with van der Waals surface area (Å²) in [6.07, 6.45) is -2.09. The zero-order valence-corrected chi connectivity index (χ0v) is 13.9. The van der Waals surface area contributed by atoms with Crippen LogP contribution in [0.15, 0.2) is 0 Å². The highest BCUT2D eigenvalue weighted by Crippen LogP contribution is 2.25. The number of carbonyl (C=O) groups is 4. The Hall–Kier alpha value is -2.52. The zero-order valence-electron chi connectivity index (χ0n) is 13.9. The Morgan fingerprint density at radius 2 is 1.64 bits per heavy atom. The van der Waals surface area contributed by atoms with Crippen LogP contribution in [0.5, 0.6) is 0 Å². The van der Waals surface area contributed by atoms with E-state index in [-0.39, 0.29) is 25.9 Å². The first-order valence-electron chi connectivity index (χ1n) is 7.48. The highest BCUT2D eigenvalue weighted by molar-refractivity contribution is 5.82. The monoisotopic (exact) mass is 361 g/mol. The van der Waals surface area contributed by atoms with Crippen molar-refractivity contribution in [3.05, 3.63) is 14.2 Å². The van der Waals surface area contributed by atoms with Crippen LogP contribution in [0.2, 0.25) is 0 Å². The van der Waals surface area contributed by atoms with Crippen LogP contribution in [0.25, 0.3) is 0 Å². The van der Waals surface area contributed by atoms with Crippen molar-refractivity contribution in [2.75, 3.05) is 6.61 Å². The summed E-state index contributed by atoms with van der Waals surface area (Å²) >= 11 is 0. The topological polar surface area (TPSA) is 134 Å². The van der Waals surface area contributed by atoms with Crippen molar-refractivity contribution in [1.82, 2.24) is 0 Å². The standard InChI is InChI=1S/C15H21O10/c1-4-5-6-9-15(12(17)22-3,24-13(18)19)25-14(20)23-10-7-8-11(16)21-2/h2-10H2,1H3. The Morgan fingerprint density at radius 3 is 2.16 bits per heavy atom. The Bertz CT molecular complexity index is 461. The van der Waals surface area contributed by atoms with Gasteiger partial charge in [0.2, 0.25) is 0 Å². The second-order valence-corrected chi connectivity index (χ2v) is 4.81. The molecule has 10 heteroatoms. The molecule has 0 saturated carbocycles. The summed E-state index contributed by atoms with van der Waals surface area (Å²) in [4.78, 5) is 45.2. The molecular weight excluding hydrogens is 340 g/mol. The van der Waals surface area contributed by atoms with Gasteiger partial charge < -0.3 is 23.7 Å². The molecule has 0 N–H and O–H groups in total. The fraction of sp³-hybridized carbons (Fsp3) is 0.600. The molecule has 0 amide bonds. The molecule has 0 saturated heterocycles. The predicted octanol–water partition coefficient (Wildman–Crippen LogP) is 2.43. The first-order valence-corrected chi connectivity index (χ1v) is 7.48. The molecule has 141 valence electrons. The van der Waals surface area contributed by atoms with Crippen LogP contribution in [0.4, 0.5) is 9.59 Å². The number of carbonyl (C=O) groups excluding carboxylic acids is 4. The number of ether oxygens (including phenoxy) is 5. The second-order valence-electron chi connectivity index (χ2n) is 4.81. The van der Waals surface area contributed by atoms with Crippen molar-refractivity contribution in [2.45, 2.75) is 51.2 Å². The van der Waals surface area contributed by atoms with Gasteiger partial charge in [-0.1, -0.05) is 19.8 Å². The van der Waals surface area contributed by atoms with Gasteiger partial charge >= 0.3 is 30.0 Å². The lowest BCUT2D eigenvalue weighted by Gasteiger charge is -2.27. The van der Waals surface area contributed by atoms with Crippen LogP contribution >= 0.6 is 0 Å². The van der Waals surface area contributed by atoms with Gasteiger partial charge in [-0.3, -0.25) is 4.79 Å². The summed E-state index contributed by atoms with van der Waals surface area (Å²) in [6.45, 7) is 1.62. The molecule has 0 aromatic heterocycles. The molecule has 3 radical (unpaired) electrons. The Morgan fingerprint density at radius 1 is 0.960 bits per heavy atom. The minimum atomic E-state index is -2.57. The maximum Gasteiger partial charge on any atom is 0.553 e. The van der Waals surface area contributed by atoms with E-state index in [0.717, 1.165) is 6.42 Å². The van der Waals surface area contributed by atoms with Crippen LogP contribution in [0.3, 0.4) is 0 Å². The minimum absolute atomic E-state index is 0.0606. The quantitative estimate of drug-likeness (QED) is 0.235. The normalized spacial score (nSPS) is 12.4. The summed E-state index contributed by atoms with van der Waals surface area (Å²) in [7, 11) is 5.79. The van der Waals surface area contributed by atoms with Crippen molar-refractivity contribution in [3.63, 3.8) is 0 Å². The molecule has 0 spiro atoms. The van der Waals surface area contributed by atoms with E-state index in [1.165, 1.54) is 0 Å². The molecule has 1 unspecified atom stereocenters. The first kappa shape index (κ1) is 22.5. The van der Waals surface area contributed by atoms with Crippen molar-refractivity contribution >= 4 is 24.2 Å². The maximum atomic E-state index is 11.9. The lowest BCUT2D eigenvalue weighted by molar-refractivity contribution is -0.218. The SMILES string of the molecule is [CH2]OC(=O)CCCOC(=O)OC(CCCCC)(OC([O])=O)C(=O)O[CH2]. The Kier molecular flexibility index (Phi) is 10.7. The molecule has 0 aliphatic carbocycles. The molecule has 1 atom stereocenters. The van der Waals surface area contributed by atoms with Gasteiger partial charge in [-0.25, -0.2) is 9.59 Å². The zero-order chi connectivity index (χ0) is 19.3. The van der Waals surface area contributed by atoms with Crippen molar-refractivity contribution in [2.24, 2.45) is 0 Å². The molecule has 0 aliphatic rings. The van der Waals surface area contributed by atoms with Gasteiger partial charge in [-0.2, -0.15) is 9.90 Å². The molecular formula is C15H21O10. The third-order valence-corrected chi connectivity index (χ3v) is 2.95. The predicted molar refractivity (Wildman–Crippen MR) is 78.6 cm³/mol. The molecule has 0 rings (SSSR count). The van der Waals surface area contributed by atoms with Crippen molar-refractivity contribution < 1.29 is 48.0 Å². The van der Waals surface area contributed by atoms with Crippen LogP contribution in [-0.2, 0) is 38.4 Å². The molecule has 0 fully saturated rings. The van der Waals surface area contributed by atoms with Gasteiger partial charge in [0.1, 0.15) is 14.2 Å². The molecule has 25 heavy (non-hydrogen) atoms. The highest BCUT2D eigenvalue weighted by Gasteiger charge is 2.49. The largest absolute Gasteiger partial charge is 0.553 e. The molecule has 0 aromatic rings. The minimum Gasteiger partial charge on any atom is -0.462 e. The average molecular weight is 361 g/mol. The number of esters is 2.